The summed E-state index contributed by atoms with van der Waals surface area (Å²) in [4.78, 5) is 29.6. The Morgan fingerprint density at radius 3 is 2.59 bits per heavy atom. The molecule has 1 aliphatic rings. The van der Waals surface area contributed by atoms with Crippen molar-refractivity contribution in [2.24, 2.45) is 0 Å². The van der Waals surface area contributed by atoms with Crippen LogP contribution in [0.25, 0.3) is 0 Å². The number of rotatable bonds is 6. The van der Waals surface area contributed by atoms with Crippen LogP contribution >= 0.6 is 24.8 Å². The Bertz CT molecular complexity index is 866. The quantitative estimate of drug-likeness (QED) is 0.599. The van der Waals surface area contributed by atoms with Crippen LogP contribution in [-0.4, -0.2) is 41.6 Å². The number of amides is 1. The third kappa shape index (κ3) is 6.19. The first-order valence-electron chi connectivity index (χ1n) is 9.43. The van der Waals surface area contributed by atoms with Crippen LogP contribution in [0.4, 0.5) is 5.69 Å². The van der Waals surface area contributed by atoms with Crippen molar-refractivity contribution in [3.05, 3.63) is 57.8 Å². The summed E-state index contributed by atoms with van der Waals surface area (Å²) in [6, 6.07) is 3.91. The van der Waals surface area contributed by atoms with Crippen LogP contribution in [0.2, 0.25) is 0 Å². The molecule has 3 N–H and O–H groups in total. The highest BCUT2D eigenvalue weighted by atomic mass is 35.5. The van der Waals surface area contributed by atoms with E-state index in [9.17, 15) is 9.59 Å². The highest BCUT2D eigenvalue weighted by Gasteiger charge is 2.21. The Kier molecular flexibility index (Phi) is 10.2. The van der Waals surface area contributed by atoms with Crippen molar-refractivity contribution in [3.8, 4) is 0 Å². The lowest BCUT2D eigenvalue weighted by Gasteiger charge is -2.25. The molecule has 0 radical (unpaired) electrons. The predicted octanol–water partition coefficient (Wildman–Crippen LogP) is 2.47. The molecule has 7 nitrogen and oxygen atoms in total. The maximum Gasteiger partial charge on any atom is 0.263 e. The molecule has 0 spiro atoms. The van der Waals surface area contributed by atoms with E-state index in [-0.39, 0.29) is 47.9 Å². The summed E-state index contributed by atoms with van der Waals surface area (Å²) in [6.45, 7) is 6.58. The lowest BCUT2D eigenvalue weighted by atomic mass is 10.0. The third-order valence-corrected chi connectivity index (χ3v) is 5.00. The Labute approximate surface area is 183 Å². The molecule has 1 aliphatic heterocycles. The highest BCUT2D eigenvalue weighted by Crippen LogP contribution is 2.17. The van der Waals surface area contributed by atoms with Gasteiger partial charge in [0.15, 0.2) is 0 Å². The first-order valence-corrected chi connectivity index (χ1v) is 9.43. The summed E-state index contributed by atoms with van der Waals surface area (Å²) in [5.41, 5.74) is 2.80. The van der Waals surface area contributed by atoms with Gasteiger partial charge in [-0.1, -0.05) is 0 Å². The van der Waals surface area contributed by atoms with Crippen LogP contribution in [0.15, 0.2) is 35.5 Å². The van der Waals surface area contributed by atoms with Crippen molar-refractivity contribution in [1.29, 1.82) is 0 Å². The van der Waals surface area contributed by atoms with Gasteiger partial charge in [0, 0.05) is 43.4 Å². The van der Waals surface area contributed by atoms with Gasteiger partial charge in [0.1, 0.15) is 5.56 Å². The number of nitrogens with zero attached hydrogens (tertiary/aromatic N) is 2. The zero-order valence-electron chi connectivity index (χ0n) is 16.7. The van der Waals surface area contributed by atoms with E-state index in [1.807, 2.05) is 32.2 Å². The largest absolute Gasteiger partial charge is 0.383 e. The van der Waals surface area contributed by atoms with Crippen molar-refractivity contribution in [3.63, 3.8) is 0 Å². The number of aromatic nitrogens is 2. The minimum Gasteiger partial charge on any atom is -0.383 e. The lowest BCUT2D eigenvalue weighted by Crippen LogP contribution is -2.39. The number of piperidine rings is 1. The van der Waals surface area contributed by atoms with Gasteiger partial charge in [-0.05, 0) is 63.0 Å². The number of hydrogen-bond acceptors (Lipinski definition) is 5. The Morgan fingerprint density at radius 2 is 1.90 bits per heavy atom. The number of carbonyl (C=O) groups excluding carboxylic acids is 1. The van der Waals surface area contributed by atoms with Crippen LogP contribution < -0.4 is 21.5 Å². The maximum atomic E-state index is 12.9. The molecule has 1 amide bonds. The summed E-state index contributed by atoms with van der Waals surface area (Å²) >= 11 is 0. The van der Waals surface area contributed by atoms with E-state index in [0.29, 0.717) is 18.7 Å². The predicted molar refractivity (Wildman–Crippen MR) is 121 cm³/mol. The molecule has 1 fully saturated rings. The average molecular weight is 442 g/mol. The fraction of sp³-hybridized carbons (Fsp3) is 0.450. The number of nitrogens with one attached hydrogen (secondary N) is 3. The van der Waals surface area contributed by atoms with Crippen LogP contribution in [0.3, 0.4) is 0 Å². The van der Waals surface area contributed by atoms with Gasteiger partial charge in [-0.25, -0.2) is 0 Å². The number of anilines is 1. The number of aryl methyl sites for hydroxylation is 2. The van der Waals surface area contributed by atoms with Gasteiger partial charge in [-0.2, -0.15) is 0 Å². The van der Waals surface area contributed by atoms with E-state index in [1.54, 1.807) is 17.0 Å². The normalized spacial score (nSPS) is 13.7. The summed E-state index contributed by atoms with van der Waals surface area (Å²) < 4.78 is 1.72. The molecule has 1 saturated heterocycles. The fourth-order valence-electron chi connectivity index (χ4n) is 3.42. The van der Waals surface area contributed by atoms with Crippen molar-refractivity contribution in [2.75, 3.05) is 31.5 Å². The Balaban J connectivity index is 0.00000210. The van der Waals surface area contributed by atoms with E-state index < -0.39 is 0 Å². The van der Waals surface area contributed by atoms with Crippen LogP contribution in [0.5, 0.6) is 0 Å². The van der Waals surface area contributed by atoms with Crippen molar-refractivity contribution >= 4 is 36.4 Å². The highest BCUT2D eigenvalue weighted by molar-refractivity contribution is 5.95. The smallest absolute Gasteiger partial charge is 0.263 e. The van der Waals surface area contributed by atoms with Gasteiger partial charge in [0.25, 0.3) is 11.5 Å². The first kappa shape index (κ1) is 24.9. The van der Waals surface area contributed by atoms with E-state index >= 15 is 0 Å². The lowest BCUT2D eigenvalue weighted by molar-refractivity contribution is 0.0952. The molecule has 0 aliphatic carbocycles. The number of pyridine rings is 2. The van der Waals surface area contributed by atoms with Gasteiger partial charge in [0.05, 0.1) is 0 Å². The van der Waals surface area contributed by atoms with Gasteiger partial charge in [-0.15, -0.1) is 24.8 Å². The summed E-state index contributed by atoms with van der Waals surface area (Å²) in [6.07, 6.45) is 7.14. The zero-order chi connectivity index (χ0) is 19.2. The van der Waals surface area contributed by atoms with Crippen LogP contribution in [0.1, 0.15) is 40.4 Å². The average Bonchev–Trinajstić information content (AvgIpc) is 2.67. The second-order valence-electron chi connectivity index (χ2n) is 6.94. The van der Waals surface area contributed by atoms with Gasteiger partial charge < -0.3 is 20.5 Å². The SMILES string of the molecule is Cc1cnccc1NCCNC(=O)c1c(C)ccn(C2CCNCC2)c1=O.Cl.Cl. The number of hydrogen-bond donors (Lipinski definition) is 3. The molecular weight excluding hydrogens is 413 g/mol. The number of carbonyl (C=O) groups is 1. The van der Waals surface area contributed by atoms with Crippen molar-refractivity contribution in [2.45, 2.75) is 32.7 Å². The first-order chi connectivity index (χ1) is 13.1. The van der Waals surface area contributed by atoms with E-state index in [2.05, 4.69) is 20.9 Å². The molecule has 0 aromatic carbocycles. The molecule has 160 valence electrons. The maximum absolute atomic E-state index is 12.9. The zero-order valence-corrected chi connectivity index (χ0v) is 18.4. The molecule has 0 bridgehead atoms. The summed E-state index contributed by atoms with van der Waals surface area (Å²) in [5, 5.41) is 9.42. The second kappa shape index (κ2) is 11.8. The summed E-state index contributed by atoms with van der Waals surface area (Å²) in [5.74, 6) is -0.311. The van der Waals surface area contributed by atoms with Crippen LogP contribution in [0, 0.1) is 13.8 Å². The second-order valence-corrected chi connectivity index (χ2v) is 6.94. The molecular formula is C20H29Cl2N5O2. The standard InChI is InChI=1S/C20H27N5O2.2ClH/c1-14-6-12-25(16-3-7-21-8-4-16)20(27)18(14)19(26)24-11-10-23-17-5-9-22-13-15(17)2;;/h5-6,9,12-13,16,21H,3-4,7-8,10-11H2,1-2H3,(H,22,23)(H,24,26);2*1H. The topological polar surface area (TPSA) is 88.1 Å². The summed E-state index contributed by atoms with van der Waals surface area (Å²) in [7, 11) is 0. The molecule has 0 unspecified atom stereocenters. The van der Waals surface area contributed by atoms with Crippen LogP contribution in [-0.2, 0) is 0 Å². The molecule has 3 rings (SSSR count). The molecule has 0 atom stereocenters. The Hall–Kier alpha value is -2.09. The van der Waals surface area contributed by atoms with Gasteiger partial charge in [0.2, 0.25) is 0 Å². The molecule has 9 heteroatoms. The van der Waals surface area contributed by atoms with Gasteiger partial charge in [-0.3, -0.25) is 14.6 Å². The molecule has 0 saturated carbocycles. The minimum atomic E-state index is -0.311. The fourth-order valence-corrected chi connectivity index (χ4v) is 3.42. The molecule has 3 heterocycles. The van der Waals surface area contributed by atoms with E-state index in [4.69, 9.17) is 0 Å². The van der Waals surface area contributed by atoms with Crippen molar-refractivity contribution in [1.82, 2.24) is 20.2 Å². The van der Waals surface area contributed by atoms with Gasteiger partial charge >= 0.3 is 0 Å². The third-order valence-electron chi connectivity index (χ3n) is 5.00. The molecule has 2 aromatic rings. The Morgan fingerprint density at radius 1 is 1.17 bits per heavy atom. The van der Waals surface area contributed by atoms with E-state index in [0.717, 1.165) is 37.2 Å². The molecule has 2 aromatic heterocycles. The monoisotopic (exact) mass is 441 g/mol. The minimum absolute atomic E-state index is 0. The van der Waals surface area contributed by atoms with Crippen molar-refractivity contribution < 1.29 is 4.79 Å². The molecule has 29 heavy (non-hydrogen) atoms. The number of halogens is 2. The van der Waals surface area contributed by atoms with E-state index in [1.165, 1.54) is 0 Å².